The monoisotopic (exact) mass is 277 g/mol. The van der Waals surface area contributed by atoms with Crippen LogP contribution in [0.5, 0.6) is 5.75 Å². The molecule has 1 unspecified atom stereocenters. The molecule has 0 aliphatic heterocycles. The van der Waals surface area contributed by atoms with Crippen molar-refractivity contribution in [3.8, 4) is 11.2 Å². The molecular weight excluding hydrogens is 254 g/mol. The topological polar surface area (TPSA) is 33.0 Å². The summed E-state index contributed by atoms with van der Waals surface area (Å²) in [6.45, 7) is 9.33. The molecule has 0 aliphatic carbocycles. The number of nitrogens with zero attached hydrogens (tertiary/aromatic N) is 1. The number of nitriles is 1. The summed E-state index contributed by atoms with van der Waals surface area (Å²) in [7, 11) is 0. The molecule has 1 aromatic rings. The van der Waals surface area contributed by atoms with Gasteiger partial charge in [-0.05, 0) is 55.5 Å². The molecule has 0 saturated carbocycles. The third kappa shape index (κ3) is 4.80. The van der Waals surface area contributed by atoms with Crippen LogP contribution in [-0.4, -0.2) is 12.4 Å². The Hall–Kier alpha value is -1.14. The molecule has 0 radical (unpaired) electrons. The molecule has 0 N–H and O–H groups in total. The van der Waals surface area contributed by atoms with Crippen molar-refractivity contribution in [2.24, 2.45) is 0 Å². The quantitative estimate of drug-likeness (QED) is 0.530. The number of ether oxygens (including phenoxy) is 1. The third-order valence-electron chi connectivity index (χ3n) is 3.15. The molecule has 1 atom stereocenters. The van der Waals surface area contributed by atoms with Gasteiger partial charge in [-0.25, -0.2) is 0 Å². The summed E-state index contributed by atoms with van der Waals surface area (Å²) in [5.74, 6) is 2.34. The van der Waals surface area contributed by atoms with E-state index in [2.05, 4.69) is 45.2 Å². The predicted molar refractivity (Wildman–Crippen MR) is 82.8 cm³/mol. The minimum absolute atomic E-state index is 0.423. The van der Waals surface area contributed by atoms with Crippen LogP contribution in [-0.2, 0) is 0 Å². The maximum Gasteiger partial charge on any atom is 0.133 e. The Labute approximate surface area is 121 Å². The first kappa shape index (κ1) is 15.9. The lowest BCUT2D eigenvalue weighted by Crippen LogP contribution is -2.05. The van der Waals surface area contributed by atoms with Crippen molar-refractivity contribution in [2.75, 3.05) is 12.4 Å². The minimum Gasteiger partial charge on any atom is -0.493 e. The van der Waals surface area contributed by atoms with E-state index in [-0.39, 0.29) is 0 Å². The SMILES string of the molecule is CCCOc1c(C)cc(C)cc1C(C)CCSC#N. The Morgan fingerprint density at radius 1 is 1.37 bits per heavy atom. The standard InChI is InChI=1S/C16H23NOS/c1-5-7-18-16-14(4)9-12(2)10-15(16)13(3)6-8-19-11-17/h9-10,13H,5-8H2,1-4H3. The van der Waals surface area contributed by atoms with Gasteiger partial charge >= 0.3 is 0 Å². The maximum atomic E-state index is 8.60. The molecule has 19 heavy (non-hydrogen) atoms. The number of hydrogen-bond donors (Lipinski definition) is 0. The number of hydrogen-bond acceptors (Lipinski definition) is 3. The zero-order valence-electron chi connectivity index (χ0n) is 12.3. The molecule has 0 saturated heterocycles. The third-order valence-corrected chi connectivity index (χ3v) is 3.72. The summed E-state index contributed by atoms with van der Waals surface area (Å²) in [5.41, 5.74) is 3.77. The van der Waals surface area contributed by atoms with E-state index in [0.717, 1.165) is 31.0 Å². The van der Waals surface area contributed by atoms with E-state index < -0.39 is 0 Å². The fraction of sp³-hybridized carbons (Fsp3) is 0.562. The Kier molecular flexibility index (Phi) is 6.80. The van der Waals surface area contributed by atoms with E-state index >= 15 is 0 Å². The normalized spacial score (nSPS) is 11.9. The molecule has 1 aromatic carbocycles. The lowest BCUT2D eigenvalue weighted by atomic mass is 9.93. The van der Waals surface area contributed by atoms with Gasteiger partial charge in [-0.15, -0.1) is 0 Å². The molecule has 3 heteroatoms. The van der Waals surface area contributed by atoms with Crippen LogP contribution in [0.4, 0.5) is 0 Å². The highest BCUT2D eigenvalue weighted by molar-refractivity contribution is 8.03. The predicted octanol–water partition coefficient (Wildman–Crippen LogP) is 4.80. The Morgan fingerprint density at radius 2 is 2.11 bits per heavy atom. The number of aryl methyl sites for hydroxylation is 2. The second-order valence-corrected chi connectivity index (χ2v) is 5.86. The van der Waals surface area contributed by atoms with Crippen LogP contribution in [0.2, 0.25) is 0 Å². The van der Waals surface area contributed by atoms with Crippen LogP contribution in [0.25, 0.3) is 0 Å². The van der Waals surface area contributed by atoms with Gasteiger partial charge in [-0.1, -0.05) is 31.5 Å². The van der Waals surface area contributed by atoms with Crippen molar-refractivity contribution in [1.82, 2.24) is 0 Å². The summed E-state index contributed by atoms with van der Waals surface area (Å²) < 4.78 is 5.93. The number of thioether (sulfide) groups is 1. The molecular formula is C16H23NOS. The number of thiocyanates is 1. The van der Waals surface area contributed by atoms with Crippen LogP contribution in [0.3, 0.4) is 0 Å². The molecule has 0 spiro atoms. The van der Waals surface area contributed by atoms with Crippen molar-refractivity contribution in [3.63, 3.8) is 0 Å². The molecule has 0 fully saturated rings. The van der Waals surface area contributed by atoms with Gasteiger partial charge in [0, 0.05) is 5.75 Å². The van der Waals surface area contributed by atoms with Gasteiger partial charge in [0.2, 0.25) is 0 Å². The van der Waals surface area contributed by atoms with E-state index in [1.807, 2.05) is 0 Å². The zero-order chi connectivity index (χ0) is 14.3. The van der Waals surface area contributed by atoms with E-state index in [0.29, 0.717) is 5.92 Å². The van der Waals surface area contributed by atoms with Crippen molar-refractivity contribution in [3.05, 3.63) is 28.8 Å². The average molecular weight is 277 g/mol. The van der Waals surface area contributed by atoms with Crippen LogP contribution in [0, 0.1) is 24.5 Å². The van der Waals surface area contributed by atoms with E-state index in [9.17, 15) is 0 Å². The summed E-state index contributed by atoms with van der Waals surface area (Å²) >= 11 is 1.33. The van der Waals surface area contributed by atoms with Gasteiger partial charge in [0.15, 0.2) is 0 Å². The highest BCUT2D eigenvalue weighted by atomic mass is 32.2. The molecule has 0 aliphatic rings. The highest BCUT2D eigenvalue weighted by Crippen LogP contribution is 2.33. The summed E-state index contributed by atoms with van der Waals surface area (Å²) in [6, 6.07) is 4.39. The van der Waals surface area contributed by atoms with Gasteiger partial charge in [-0.2, -0.15) is 5.26 Å². The van der Waals surface area contributed by atoms with Crippen LogP contribution in [0.15, 0.2) is 12.1 Å². The smallest absolute Gasteiger partial charge is 0.133 e. The van der Waals surface area contributed by atoms with Crippen LogP contribution >= 0.6 is 11.8 Å². The highest BCUT2D eigenvalue weighted by Gasteiger charge is 2.14. The Morgan fingerprint density at radius 3 is 2.74 bits per heavy atom. The first-order valence-electron chi connectivity index (χ1n) is 6.85. The van der Waals surface area contributed by atoms with Gasteiger partial charge < -0.3 is 4.74 Å². The van der Waals surface area contributed by atoms with Crippen LogP contribution < -0.4 is 4.74 Å². The molecule has 0 bridgehead atoms. The first-order chi connectivity index (χ1) is 9.10. The molecule has 0 heterocycles. The average Bonchev–Trinajstić information content (AvgIpc) is 2.37. The van der Waals surface area contributed by atoms with Crippen molar-refractivity contribution in [2.45, 2.75) is 46.5 Å². The van der Waals surface area contributed by atoms with E-state index in [1.54, 1.807) is 0 Å². The van der Waals surface area contributed by atoms with Gasteiger partial charge in [0.25, 0.3) is 0 Å². The largest absolute Gasteiger partial charge is 0.493 e. The first-order valence-corrected chi connectivity index (χ1v) is 7.83. The van der Waals surface area contributed by atoms with Gasteiger partial charge in [0.05, 0.1) is 6.61 Å². The Balaban J connectivity index is 2.92. The lowest BCUT2D eigenvalue weighted by Gasteiger charge is -2.19. The zero-order valence-corrected chi connectivity index (χ0v) is 13.1. The summed E-state index contributed by atoms with van der Waals surface area (Å²) in [5, 5.41) is 10.7. The fourth-order valence-electron chi connectivity index (χ4n) is 2.19. The van der Waals surface area contributed by atoms with Crippen molar-refractivity contribution >= 4 is 11.8 Å². The maximum absolute atomic E-state index is 8.60. The molecule has 104 valence electrons. The van der Waals surface area contributed by atoms with Gasteiger partial charge in [0.1, 0.15) is 11.2 Å². The summed E-state index contributed by atoms with van der Waals surface area (Å²) in [4.78, 5) is 0. The second-order valence-electron chi connectivity index (χ2n) is 4.98. The minimum atomic E-state index is 0.423. The van der Waals surface area contributed by atoms with Gasteiger partial charge in [-0.3, -0.25) is 0 Å². The molecule has 1 rings (SSSR count). The van der Waals surface area contributed by atoms with Crippen molar-refractivity contribution in [1.29, 1.82) is 5.26 Å². The van der Waals surface area contributed by atoms with E-state index in [4.69, 9.17) is 10.00 Å². The van der Waals surface area contributed by atoms with Crippen LogP contribution in [0.1, 0.15) is 49.3 Å². The molecule has 0 amide bonds. The number of benzene rings is 1. The van der Waals surface area contributed by atoms with Crippen molar-refractivity contribution < 1.29 is 4.74 Å². The number of rotatable bonds is 7. The Bertz CT molecular complexity index is 451. The molecule has 0 aromatic heterocycles. The lowest BCUT2D eigenvalue weighted by molar-refractivity contribution is 0.310. The second kappa shape index (κ2) is 8.12. The summed E-state index contributed by atoms with van der Waals surface area (Å²) in [6.07, 6.45) is 2.02. The fourth-order valence-corrected chi connectivity index (χ4v) is 2.75. The molecule has 2 nitrogen and oxygen atoms in total. The van der Waals surface area contributed by atoms with E-state index in [1.165, 1.54) is 28.5 Å².